The Kier molecular flexibility index (Phi) is 7.06. The molecule has 0 aliphatic carbocycles. The van der Waals surface area contributed by atoms with Crippen molar-refractivity contribution >= 4 is 6.01 Å². The second kappa shape index (κ2) is 7.49. The molecule has 0 saturated carbocycles. The molecule has 0 bridgehead atoms. The zero-order chi connectivity index (χ0) is 8.53. The molecule has 0 heterocycles. The summed E-state index contributed by atoms with van der Waals surface area (Å²) in [6, 6.07) is 2.66. The Morgan fingerprint density at radius 2 is 2.00 bits per heavy atom. The van der Waals surface area contributed by atoms with Crippen LogP contribution in [0.2, 0.25) is 0 Å². The Morgan fingerprint density at radius 3 is 2.55 bits per heavy atom. The van der Waals surface area contributed by atoms with E-state index < -0.39 is 0 Å². The Labute approximate surface area is 69.4 Å². The number of rotatable bonds is 5. The fourth-order valence-corrected chi connectivity index (χ4v) is 0.749. The lowest BCUT2D eigenvalue weighted by Crippen LogP contribution is -1.88. The fraction of sp³-hybridized carbons (Fsp3) is 0.889. The van der Waals surface area contributed by atoms with Crippen molar-refractivity contribution in [2.45, 2.75) is 33.6 Å². The Bertz CT molecular complexity index is 132. The first-order valence-corrected chi connectivity index (χ1v) is 4.35. The van der Waals surface area contributed by atoms with Gasteiger partial charge in [0.05, 0.1) is 6.01 Å². The van der Waals surface area contributed by atoms with Gasteiger partial charge in [-0.1, -0.05) is 13.8 Å². The Morgan fingerprint density at radius 1 is 1.27 bits per heavy atom. The molecular weight excluding hydrogens is 136 g/mol. The molecule has 0 aromatic carbocycles. The van der Waals surface area contributed by atoms with Gasteiger partial charge in [0.15, 0.2) is 0 Å². The van der Waals surface area contributed by atoms with Crippen molar-refractivity contribution in [2.75, 3.05) is 13.1 Å². The van der Waals surface area contributed by atoms with Crippen LogP contribution in [0.5, 0.6) is 0 Å². The highest BCUT2D eigenvalue weighted by molar-refractivity contribution is 5.40. The lowest BCUT2D eigenvalue weighted by Gasteiger charge is -1.99. The van der Waals surface area contributed by atoms with Gasteiger partial charge in [0.2, 0.25) is 0 Å². The summed E-state index contributed by atoms with van der Waals surface area (Å²) in [5.74, 6) is 0.785. The van der Waals surface area contributed by atoms with E-state index in [9.17, 15) is 0 Å². The lowest BCUT2D eigenvalue weighted by atomic mass is 10.1. The highest BCUT2D eigenvalue weighted by Crippen LogP contribution is 2.02. The molecular formula is C9H18N2. The Balaban J connectivity index is 3.20. The highest BCUT2D eigenvalue weighted by Gasteiger charge is 1.90. The van der Waals surface area contributed by atoms with Crippen molar-refractivity contribution in [3.8, 4) is 0 Å². The molecule has 0 radical (unpaired) electrons. The predicted octanol–water partition coefficient (Wildman–Crippen LogP) is 2.62. The molecule has 0 saturated heterocycles. The van der Waals surface area contributed by atoms with E-state index in [1.807, 2.05) is 6.92 Å². The van der Waals surface area contributed by atoms with E-state index in [1.54, 1.807) is 0 Å². The molecule has 0 aromatic heterocycles. The first kappa shape index (κ1) is 10.4. The molecule has 0 aliphatic heterocycles. The van der Waals surface area contributed by atoms with Gasteiger partial charge in [-0.3, -0.25) is 0 Å². The smallest absolute Gasteiger partial charge is 0.0892 e. The first-order chi connectivity index (χ1) is 5.27. The zero-order valence-electron chi connectivity index (χ0n) is 7.80. The highest BCUT2D eigenvalue weighted by atomic mass is 14.8. The molecule has 0 N–H and O–H groups in total. The third kappa shape index (κ3) is 9.38. The van der Waals surface area contributed by atoms with Crippen LogP contribution >= 0.6 is 0 Å². The number of nitrogens with zero attached hydrogens (tertiary/aromatic N) is 2. The van der Waals surface area contributed by atoms with E-state index in [4.69, 9.17) is 0 Å². The topological polar surface area (TPSA) is 24.7 Å². The molecule has 11 heavy (non-hydrogen) atoms. The Hall–Kier alpha value is -0.620. The average molecular weight is 154 g/mol. The number of hydrogen-bond acceptors (Lipinski definition) is 2. The van der Waals surface area contributed by atoms with Crippen LogP contribution in [0.1, 0.15) is 33.6 Å². The van der Waals surface area contributed by atoms with E-state index in [0.717, 1.165) is 25.4 Å². The van der Waals surface area contributed by atoms with Gasteiger partial charge in [0, 0.05) is 13.1 Å². The number of hydrogen-bond donors (Lipinski definition) is 0. The maximum atomic E-state index is 4.02. The van der Waals surface area contributed by atoms with Crippen LogP contribution in [0.25, 0.3) is 0 Å². The van der Waals surface area contributed by atoms with E-state index in [1.165, 1.54) is 6.42 Å². The minimum Gasteiger partial charge on any atom is -0.226 e. The quantitative estimate of drug-likeness (QED) is 0.429. The van der Waals surface area contributed by atoms with Gasteiger partial charge < -0.3 is 0 Å². The van der Waals surface area contributed by atoms with Crippen molar-refractivity contribution in [2.24, 2.45) is 15.9 Å². The zero-order valence-corrected chi connectivity index (χ0v) is 7.80. The van der Waals surface area contributed by atoms with Gasteiger partial charge in [0.25, 0.3) is 0 Å². The third-order valence-corrected chi connectivity index (χ3v) is 1.35. The van der Waals surface area contributed by atoms with Crippen molar-refractivity contribution in [3.63, 3.8) is 0 Å². The monoisotopic (exact) mass is 154 g/mol. The van der Waals surface area contributed by atoms with Crippen molar-refractivity contribution < 1.29 is 0 Å². The molecule has 64 valence electrons. The largest absolute Gasteiger partial charge is 0.226 e. The minimum atomic E-state index is 0.785. The summed E-state index contributed by atoms with van der Waals surface area (Å²) < 4.78 is 0. The van der Waals surface area contributed by atoms with Gasteiger partial charge in [-0.05, 0) is 25.7 Å². The molecule has 0 aliphatic rings. The standard InChI is InChI=1S/C9H18N2/c1-4-10-8-11-7-5-6-9(2)3/h9H,4-7H2,1-3H3. The molecule has 2 nitrogen and oxygen atoms in total. The molecule has 0 fully saturated rings. The van der Waals surface area contributed by atoms with Crippen LogP contribution in [0.4, 0.5) is 0 Å². The lowest BCUT2D eigenvalue weighted by molar-refractivity contribution is 0.562. The van der Waals surface area contributed by atoms with Crippen LogP contribution in [0.3, 0.4) is 0 Å². The molecule has 0 spiro atoms. The predicted molar refractivity (Wildman–Crippen MR) is 49.3 cm³/mol. The van der Waals surface area contributed by atoms with E-state index in [0.29, 0.717) is 0 Å². The molecule has 0 unspecified atom stereocenters. The van der Waals surface area contributed by atoms with Crippen LogP contribution in [0.15, 0.2) is 9.98 Å². The molecule has 2 heteroatoms. The van der Waals surface area contributed by atoms with E-state index in [-0.39, 0.29) is 0 Å². The maximum absolute atomic E-state index is 4.02. The summed E-state index contributed by atoms with van der Waals surface area (Å²) in [4.78, 5) is 7.89. The van der Waals surface area contributed by atoms with Crippen LogP contribution in [0, 0.1) is 5.92 Å². The van der Waals surface area contributed by atoms with Crippen LogP contribution < -0.4 is 0 Å². The molecule has 0 amide bonds. The summed E-state index contributed by atoms with van der Waals surface area (Å²) >= 11 is 0. The van der Waals surface area contributed by atoms with Crippen molar-refractivity contribution in [1.82, 2.24) is 0 Å². The number of aliphatic imine (C=N–C) groups is 2. The van der Waals surface area contributed by atoms with Crippen LogP contribution in [-0.2, 0) is 0 Å². The second-order valence-electron chi connectivity index (χ2n) is 2.99. The summed E-state index contributed by atoms with van der Waals surface area (Å²) in [6.45, 7) is 8.10. The van der Waals surface area contributed by atoms with E-state index in [2.05, 4.69) is 29.8 Å². The summed E-state index contributed by atoms with van der Waals surface area (Å²) in [5.41, 5.74) is 0. The summed E-state index contributed by atoms with van der Waals surface area (Å²) in [6.07, 6.45) is 2.40. The van der Waals surface area contributed by atoms with Gasteiger partial charge in [-0.15, -0.1) is 0 Å². The van der Waals surface area contributed by atoms with Crippen LogP contribution in [-0.4, -0.2) is 19.1 Å². The van der Waals surface area contributed by atoms with Gasteiger partial charge in [-0.25, -0.2) is 9.98 Å². The fourth-order valence-electron chi connectivity index (χ4n) is 0.749. The average Bonchev–Trinajstić information content (AvgIpc) is 1.96. The summed E-state index contributed by atoms with van der Waals surface area (Å²) in [5, 5.41) is 0. The molecule has 0 atom stereocenters. The molecule has 0 aromatic rings. The molecule has 0 rings (SSSR count). The van der Waals surface area contributed by atoms with Gasteiger partial charge >= 0.3 is 0 Å². The van der Waals surface area contributed by atoms with Crippen molar-refractivity contribution in [1.29, 1.82) is 0 Å². The maximum Gasteiger partial charge on any atom is 0.0892 e. The van der Waals surface area contributed by atoms with E-state index >= 15 is 0 Å². The summed E-state index contributed by atoms with van der Waals surface area (Å²) in [7, 11) is 0. The minimum absolute atomic E-state index is 0.785. The van der Waals surface area contributed by atoms with Gasteiger partial charge in [-0.2, -0.15) is 0 Å². The first-order valence-electron chi connectivity index (χ1n) is 4.35. The second-order valence-corrected chi connectivity index (χ2v) is 2.99. The normalized spacial score (nSPS) is 9.45. The van der Waals surface area contributed by atoms with Gasteiger partial charge in [0.1, 0.15) is 0 Å². The van der Waals surface area contributed by atoms with Crippen molar-refractivity contribution in [3.05, 3.63) is 0 Å². The third-order valence-electron chi connectivity index (χ3n) is 1.35. The SMILES string of the molecule is CCN=C=NCCCC(C)C.